The summed E-state index contributed by atoms with van der Waals surface area (Å²) in [4.78, 5) is 0. The van der Waals surface area contributed by atoms with Gasteiger partial charge in [-0.2, -0.15) is 0 Å². The van der Waals surface area contributed by atoms with Crippen LogP contribution in [-0.2, 0) is 11.2 Å². The minimum atomic E-state index is -0.00731. The Morgan fingerprint density at radius 2 is 1.95 bits per heavy atom. The summed E-state index contributed by atoms with van der Waals surface area (Å²) in [7, 11) is 1.96. The van der Waals surface area contributed by atoms with E-state index in [0.29, 0.717) is 12.8 Å². The quantitative estimate of drug-likeness (QED) is 0.886. The largest absolute Gasteiger partial charge is 0.388 e. The van der Waals surface area contributed by atoms with Crippen molar-refractivity contribution in [2.75, 3.05) is 19.1 Å². The Bertz CT molecular complexity index is 597. The Balaban J connectivity index is 2.05. The van der Waals surface area contributed by atoms with E-state index in [1.54, 1.807) is 0 Å². The molecule has 0 aliphatic carbocycles. The van der Waals surface area contributed by atoms with Gasteiger partial charge in [0.2, 0.25) is 0 Å². The standard InChI is InChI=1S/C18H22N2O/c1-13-10-15-11-16(19-2)8-9-17(15)18(21-12-20-13)14-6-4-3-5-7-14/h3-9,11,13,18-20H,10,12H2,1-2H3. The minimum absolute atomic E-state index is 0.00731. The molecule has 0 spiro atoms. The van der Waals surface area contributed by atoms with Crippen molar-refractivity contribution >= 4 is 5.69 Å². The molecule has 0 fully saturated rings. The Morgan fingerprint density at radius 1 is 1.14 bits per heavy atom. The molecule has 0 radical (unpaired) electrons. The van der Waals surface area contributed by atoms with Crippen LogP contribution in [0.4, 0.5) is 5.69 Å². The van der Waals surface area contributed by atoms with Gasteiger partial charge in [0.15, 0.2) is 0 Å². The third-order valence-corrected chi connectivity index (χ3v) is 4.02. The Kier molecular flexibility index (Phi) is 4.23. The first-order valence-corrected chi connectivity index (χ1v) is 7.48. The number of benzene rings is 2. The van der Waals surface area contributed by atoms with Gasteiger partial charge in [0.1, 0.15) is 6.10 Å². The molecule has 1 aliphatic heterocycles. The Hall–Kier alpha value is -1.84. The van der Waals surface area contributed by atoms with E-state index in [1.807, 2.05) is 13.1 Å². The average Bonchev–Trinajstić information content (AvgIpc) is 2.51. The predicted octanol–water partition coefficient (Wildman–Crippen LogP) is 3.33. The first kappa shape index (κ1) is 14.1. The second kappa shape index (κ2) is 6.29. The molecule has 1 heterocycles. The van der Waals surface area contributed by atoms with E-state index in [0.717, 1.165) is 12.1 Å². The Morgan fingerprint density at radius 3 is 2.71 bits per heavy atom. The Labute approximate surface area is 126 Å². The summed E-state index contributed by atoms with van der Waals surface area (Å²) < 4.78 is 6.11. The fraction of sp³-hybridized carbons (Fsp3) is 0.333. The first-order chi connectivity index (χ1) is 10.3. The number of hydrogen-bond acceptors (Lipinski definition) is 3. The van der Waals surface area contributed by atoms with Gasteiger partial charge in [-0.15, -0.1) is 0 Å². The van der Waals surface area contributed by atoms with Crippen molar-refractivity contribution in [2.45, 2.75) is 25.5 Å². The van der Waals surface area contributed by atoms with Crippen LogP contribution in [0.3, 0.4) is 0 Å². The highest BCUT2D eigenvalue weighted by Crippen LogP contribution is 2.31. The van der Waals surface area contributed by atoms with E-state index in [1.165, 1.54) is 16.7 Å². The molecule has 0 aromatic heterocycles. The van der Waals surface area contributed by atoms with Crippen molar-refractivity contribution in [3.8, 4) is 0 Å². The number of nitrogens with one attached hydrogen (secondary N) is 2. The first-order valence-electron chi connectivity index (χ1n) is 7.48. The van der Waals surface area contributed by atoms with Gasteiger partial charge in [-0.25, -0.2) is 0 Å². The van der Waals surface area contributed by atoms with Gasteiger partial charge in [0.25, 0.3) is 0 Å². The predicted molar refractivity (Wildman–Crippen MR) is 86.5 cm³/mol. The SMILES string of the molecule is CNc1ccc2c(c1)CC(C)NCOC2c1ccccc1. The van der Waals surface area contributed by atoms with E-state index in [9.17, 15) is 0 Å². The summed E-state index contributed by atoms with van der Waals surface area (Å²) in [6.07, 6.45) is 1.00. The van der Waals surface area contributed by atoms with Gasteiger partial charge in [-0.1, -0.05) is 36.4 Å². The topological polar surface area (TPSA) is 33.3 Å². The second-order valence-electron chi connectivity index (χ2n) is 5.57. The molecule has 2 unspecified atom stereocenters. The fourth-order valence-corrected chi connectivity index (χ4v) is 2.86. The molecule has 0 saturated carbocycles. The lowest BCUT2D eigenvalue weighted by Crippen LogP contribution is -2.34. The lowest BCUT2D eigenvalue weighted by Gasteiger charge is -2.28. The van der Waals surface area contributed by atoms with Crippen LogP contribution in [-0.4, -0.2) is 19.8 Å². The van der Waals surface area contributed by atoms with Gasteiger partial charge < -0.3 is 10.1 Å². The van der Waals surface area contributed by atoms with Crippen molar-refractivity contribution in [2.24, 2.45) is 0 Å². The average molecular weight is 282 g/mol. The van der Waals surface area contributed by atoms with Crippen molar-refractivity contribution in [3.05, 3.63) is 65.2 Å². The van der Waals surface area contributed by atoms with E-state index < -0.39 is 0 Å². The van der Waals surface area contributed by atoms with Crippen molar-refractivity contribution in [1.29, 1.82) is 0 Å². The summed E-state index contributed by atoms with van der Waals surface area (Å²) in [5.74, 6) is 0. The van der Waals surface area contributed by atoms with Crippen LogP contribution >= 0.6 is 0 Å². The van der Waals surface area contributed by atoms with Gasteiger partial charge in [-0.3, -0.25) is 5.32 Å². The van der Waals surface area contributed by atoms with Gasteiger partial charge >= 0.3 is 0 Å². The number of ether oxygens (including phenoxy) is 1. The van der Waals surface area contributed by atoms with Crippen molar-refractivity contribution in [1.82, 2.24) is 5.32 Å². The zero-order valence-electron chi connectivity index (χ0n) is 12.6. The molecule has 3 rings (SSSR count). The molecular formula is C18H22N2O. The maximum absolute atomic E-state index is 6.11. The second-order valence-corrected chi connectivity index (χ2v) is 5.57. The van der Waals surface area contributed by atoms with Crippen LogP contribution in [0.5, 0.6) is 0 Å². The lowest BCUT2D eigenvalue weighted by atomic mass is 9.92. The summed E-state index contributed by atoms with van der Waals surface area (Å²) in [5, 5.41) is 6.64. The van der Waals surface area contributed by atoms with E-state index >= 15 is 0 Å². The van der Waals surface area contributed by atoms with E-state index in [2.05, 4.69) is 60.0 Å². The van der Waals surface area contributed by atoms with Gasteiger partial charge in [0.05, 0.1) is 6.73 Å². The van der Waals surface area contributed by atoms with Crippen LogP contribution in [0.25, 0.3) is 0 Å². The number of rotatable bonds is 2. The van der Waals surface area contributed by atoms with Crippen LogP contribution < -0.4 is 10.6 Å². The zero-order chi connectivity index (χ0) is 14.7. The maximum Gasteiger partial charge on any atom is 0.110 e. The van der Waals surface area contributed by atoms with Crippen molar-refractivity contribution in [3.63, 3.8) is 0 Å². The molecule has 2 aromatic rings. The summed E-state index contributed by atoms with van der Waals surface area (Å²) >= 11 is 0. The fourth-order valence-electron chi connectivity index (χ4n) is 2.86. The molecule has 1 aliphatic rings. The molecule has 2 N–H and O–H groups in total. The summed E-state index contributed by atoms with van der Waals surface area (Å²) in [5.41, 5.74) is 4.96. The third kappa shape index (κ3) is 3.09. The van der Waals surface area contributed by atoms with Crippen LogP contribution in [0.1, 0.15) is 29.7 Å². The molecule has 21 heavy (non-hydrogen) atoms. The monoisotopic (exact) mass is 282 g/mol. The molecule has 3 heteroatoms. The van der Waals surface area contributed by atoms with E-state index in [4.69, 9.17) is 4.74 Å². The zero-order valence-corrected chi connectivity index (χ0v) is 12.6. The molecule has 3 nitrogen and oxygen atoms in total. The number of fused-ring (bicyclic) bond motifs is 1. The highest BCUT2D eigenvalue weighted by Gasteiger charge is 2.22. The van der Waals surface area contributed by atoms with Gasteiger partial charge in [-0.05, 0) is 42.2 Å². The number of anilines is 1. The molecule has 2 atom stereocenters. The van der Waals surface area contributed by atoms with E-state index in [-0.39, 0.29) is 6.10 Å². The van der Waals surface area contributed by atoms with Crippen LogP contribution in [0.2, 0.25) is 0 Å². The maximum atomic E-state index is 6.11. The van der Waals surface area contributed by atoms with Crippen molar-refractivity contribution < 1.29 is 4.74 Å². The van der Waals surface area contributed by atoms with Gasteiger partial charge in [0, 0.05) is 18.8 Å². The highest BCUT2D eigenvalue weighted by molar-refractivity contribution is 5.50. The summed E-state index contributed by atoms with van der Waals surface area (Å²) in [6, 6.07) is 17.4. The lowest BCUT2D eigenvalue weighted by molar-refractivity contribution is 0.0553. The molecule has 0 saturated heterocycles. The summed E-state index contributed by atoms with van der Waals surface area (Å²) in [6.45, 7) is 2.77. The third-order valence-electron chi connectivity index (χ3n) is 4.02. The van der Waals surface area contributed by atoms with Crippen LogP contribution in [0, 0.1) is 0 Å². The molecular weight excluding hydrogens is 260 g/mol. The number of hydrogen-bond donors (Lipinski definition) is 2. The highest BCUT2D eigenvalue weighted by atomic mass is 16.5. The molecule has 110 valence electrons. The molecule has 2 aromatic carbocycles. The minimum Gasteiger partial charge on any atom is -0.388 e. The normalized spacial score (nSPS) is 22.0. The smallest absolute Gasteiger partial charge is 0.110 e. The molecule has 0 bridgehead atoms. The molecule has 0 amide bonds. The van der Waals surface area contributed by atoms with Crippen LogP contribution in [0.15, 0.2) is 48.5 Å².